The number of fused-ring (bicyclic) bond motifs is 3. The van der Waals surface area contributed by atoms with Gasteiger partial charge in [-0.25, -0.2) is 0 Å². The quantitative estimate of drug-likeness (QED) is 0.480. The molecule has 0 N–H and O–H groups in total. The fourth-order valence-electron chi connectivity index (χ4n) is 3.67. The van der Waals surface area contributed by atoms with Crippen molar-refractivity contribution in [2.75, 3.05) is 0 Å². The van der Waals surface area contributed by atoms with Crippen LogP contribution in [0.25, 0.3) is 0 Å². The molecular formula is C10H16. The van der Waals surface area contributed by atoms with Gasteiger partial charge in [-0.15, -0.1) is 0 Å². The number of hydrogen-bond donors (Lipinski definition) is 0. The van der Waals surface area contributed by atoms with Crippen LogP contribution in [0.2, 0.25) is 0 Å². The van der Waals surface area contributed by atoms with E-state index >= 15 is 0 Å². The summed E-state index contributed by atoms with van der Waals surface area (Å²) in [5.74, 6) is 3.39. The third-order valence-corrected chi connectivity index (χ3v) is 5.08. The number of rotatable bonds is 0. The van der Waals surface area contributed by atoms with Crippen LogP contribution in [0.1, 0.15) is 33.6 Å². The standard InChI is InChI=1S/C10H16/c1-6-5-10(9(6,2)3)7-4-8(7)10/h6-8H,4-5H2,1-3H3. The zero-order chi connectivity index (χ0) is 7.15. The highest BCUT2D eigenvalue weighted by Gasteiger charge is 2.85. The van der Waals surface area contributed by atoms with E-state index in [4.69, 9.17) is 0 Å². The summed E-state index contributed by atoms with van der Waals surface area (Å²) < 4.78 is 0. The largest absolute Gasteiger partial charge is 0.0620 e. The Labute approximate surface area is 63.0 Å². The van der Waals surface area contributed by atoms with Crippen molar-refractivity contribution in [2.45, 2.75) is 33.6 Å². The molecule has 56 valence electrons. The first-order valence-corrected chi connectivity index (χ1v) is 4.61. The summed E-state index contributed by atoms with van der Waals surface area (Å²) in [4.78, 5) is 0. The fourth-order valence-corrected chi connectivity index (χ4v) is 3.67. The molecule has 3 saturated carbocycles. The molecule has 0 heterocycles. The van der Waals surface area contributed by atoms with E-state index in [0.717, 1.165) is 11.3 Å². The van der Waals surface area contributed by atoms with E-state index in [0.29, 0.717) is 5.41 Å². The molecule has 0 aromatic carbocycles. The molecule has 0 bridgehead atoms. The van der Waals surface area contributed by atoms with Crippen LogP contribution in [0.5, 0.6) is 0 Å². The highest BCUT2D eigenvalue weighted by Crippen LogP contribution is 2.91. The van der Waals surface area contributed by atoms with E-state index in [9.17, 15) is 0 Å². The predicted octanol–water partition coefficient (Wildman–Crippen LogP) is 2.69. The lowest BCUT2D eigenvalue weighted by molar-refractivity contribution is -0.0725. The third-order valence-electron chi connectivity index (χ3n) is 5.08. The van der Waals surface area contributed by atoms with Crippen molar-refractivity contribution in [1.29, 1.82) is 0 Å². The van der Waals surface area contributed by atoms with Gasteiger partial charge in [-0.05, 0) is 41.4 Å². The van der Waals surface area contributed by atoms with Gasteiger partial charge in [0, 0.05) is 0 Å². The van der Waals surface area contributed by atoms with Crippen LogP contribution in [-0.4, -0.2) is 0 Å². The molecule has 0 nitrogen and oxygen atoms in total. The first-order chi connectivity index (χ1) is 4.61. The van der Waals surface area contributed by atoms with Crippen molar-refractivity contribution in [3.63, 3.8) is 0 Å². The van der Waals surface area contributed by atoms with Gasteiger partial charge in [-0.1, -0.05) is 20.8 Å². The topological polar surface area (TPSA) is 0 Å². The second-order valence-corrected chi connectivity index (χ2v) is 5.32. The Balaban J connectivity index is 1.92. The molecule has 1 spiro atoms. The van der Waals surface area contributed by atoms with Crippen LogP contribution in [0.15, 0.2) is 0 Å². The van der Waals surface area contributed by atoms with Crippen LogP contribution in [0.3, 0.4) is 0 Å². The molecule has 3 fully saturated rings. The Kier molecular flexibility index (Phi) is 0.612. The van der Waals surface area contributed by atoms with Crippen LogP contribution in [-0.2, 0) is 0 Å². The van der Waals surface area contributed by atoms with E-state index in [2.05, 4.69) is 20.8 Å². The van der Waals surface area contributed by atoms with Gasteiger partial charge in [0.05, 0.1) is 0 Å². The van der Waals surface area contributed by atoms with Crippen molar-refractivity contribution in [2.24, 2.45) is 28.6 Å². The van der Waals surface area contributed by atoms with Crippen LogP contribution in [0, 0.1) is 28.6 Å². The summed E-state index contributed by atoms with van der Waals surface area (Å²) in [6, 6.07) is 0. The van der Waals surface area contributed by atoms with Crippen molar-refractivity contribution >= 4 is 0 Å². The molecule has 0 radical (unpaired) electrons. The summed E-state index contributed by atoms with van der Waals surface area (Å²) in [6.07, 6.45) is 3.13. The van der Waals surface area contributed by atoms with Crippen LogP contribution in [0.4, 0.5) is 0 Å². The normalized spacial score (nSPS) is 66.9. The van der Waals surface area contributed by atoms with Gasteiger partial charge in [0.25, 0.3) is 0 Å². The summed E-state index contributed by atoms with van der Waals surface area (Å²) in [5, 5.41) is 0. The maximum Gasteiger partial charge on any atom is -0.0178 e. The Morgan fingerprint density at radius 1 is 1.20 bits per heavy atom. The SMILES string of the molecule is CC1CC2(C3CC32)C1(C)C. The number of hydrogen-bond acceptors (Lipinski definition) is 0. The van der Waals surface area contributed by atoms with Crippen molar-refractivity contribution in [3.05, 3.63) is 0 Å². The minimum absolute atomic E-state index is 0.709. The highest BCUT2D eigenvalue weighted by atomic mass is 14.9. The minimum Gasteiger partial charge on any atom is -0.0620 e. The second kappa shape index (κ2) is 1.09. The van der Waals surface area contributed by atoms with Gasteiger partial charge in [-0.2, -0.15) is 0 Å². The predicted molar refractivity (Wildman–Crippen MR) is 41.6 cm³/mol. The molecule has 3 aliphatic carbocycles. The average Bonchev–Trinajstić information content (AvgIpc) is 2.66. The second-order valence-electron chi connectivity index (χ2n) is 5.32. The van der Waals surface area contributed by atoms with Gasteiger partial charge in [-0.3, -0.25) is 0 Å². The molecule has 3 atom stereocenters. The maximum atomic E-state index is 2.48. The molecule has 3 rings (SSSR count). The lowest BCUT2D eigenvalue weighted by Gasteiger charge is -2.56. The molecule has 3 aliphatic rings. The van der Waals surface area contributed by atoms with Crippen molar-refractivity contribution in [3.8, 4) is 0 Å². The Morgan fingerprint density at radius 2 is 1.80 bits per heavy atom. The van der Waals surface area contributed by atoms with E-state index in [1.807, 2.05) is 0 Å². The molecule has 0 aliphatic heterocycles. The third kappa shape index (κ3) is 0.302. The first kappa shape index (κ1) is 5.62. The Morgan fingerprint density at radius 3 is 1.90 bits per heavy atom. The highest BCUT2D eigenvalue weighted by molar-refractivity contribution is 5.33. The van der Waals surface area contributed by atoms with Gasteiger partial charge in [0.15, 0.2) is 0 Å². The molecule has 0 heteroatoms. The molecule has 3 unspecified atom stereocenters. The lowest BCUT2D eigenvalue weighted by atomic mass is 9.49. The van der Waals surface area contributed by atoms with Crippen molar-refractivity contribution in [1.82, 2.24) is 0 Å². The monoisotopic (exact) mass is 136 g/mol. The van der Waals surface area contributed by atoms with E-state index in [1.54, 1.807) is 12.8 Å². The Hall–Kier alpha value is 0. The summed E-state index contributed by atoms with van der Waals surface area (Å²) in [6.45, 7) is 7.38. The van der Waals surface area contributed by atoms with Gasteiger partial charge in [0.2, 0.25) is 0 Å². The molecule has 0 aromatic heterocycles. The van der Waals surface area contributed by atoms with Gasteiger partial charge in [0.1, 0.15) is 0 Å². The molecular weight excluding hydrogens is 120 g/mol. The smallest absolute Gasteiger partial charge is 0.0178 e. The maximum absolute atomic E-state index is 2.48. The van der Waals surface area contributed by atoms with E-state index in [1.165, 1.54) is 11.8 Å². The zero-order valence-electron chi connectivity index (χ0n) is 7.15. The molecule has 0 aromatic rings. The molecule has 0 amide bonds. The van der Waals surface area contributed by atoms with E-state index < -0.39 is 0 Å². The Bertz CT molecular complexity index is 194. The fraction of sp³-hybridized carbons (Fsp3) is 1.00. The lowest BCUT2D eigenvalue weighted by Crippen LogP contribution is -2.49. The summed E-state index contributed by atoms with van der Waals surface area (Å²) in [5.41, 5.74) is 1.60. The van der Waals surface area contributed by atoms with Gasteiger partial charge < -0.3 is 0 Å². The van der Waals surface area contributed by atoms with Crippen LogP contribution >= 0.6 is 0 Å². The van der Waals surface area contributed by atoms with E-state index in [-0.39, 0.29) is 0 Å². The summed E-state index contributed by atoms with van der Waals surface area (Å²) in [7, 11) is 0. The first-order valence-electron chi connectivity index (χ1n) is 4.61. The summed E-state index contributed by atoms with van der Waals surface area (Å²) >= 11 is 0. The zero-order valence-corrected chi connectivity index (χ0v) is 7.15. The molecule has 0 saturated heterocycles. The molecule has 10 heavy (non-hydrogen) atoms. The average molecular weight is 136 g/mol. The van der Waals surface area contributed by atoms with Gasteiger partial charge >= 0.3 is 0 Å². The minimum atomic E-state index is 0.709. The van der Waals surface area contributed by atoms with Crippen molar-refractivity contribution < 1.29 is 0 Å². The van der Waals surface area contributed by atoms with Crippen LogP contribution < -0.4 is 0 Å².